The van der Waals surface area contributed by atoms with E-state index in [0.717, 1.165) is 0 Å². The zero-order valence-corrected chi connectivity index (χ0v) is 28.8. The number of hydrogen-bond acceptors (Lipinski definition) is 4. The summed E-state index contributed by atoms with van der Waals surface area (Å²) in [6.45, 7) is 2.58. The second kappa shape index (κ2) is 10.3. The average molecular weight is 655 g/mol. The van der Waals surface area contributed by atoms with Crippen molar-refractivity contribution in [2.24, 2.45) is 0 Å². The summed E-state index contributed by atoms with van der Waals surface area (Å²) in [6, 6.07) is 36.9. The van der Waals surface area contributed by atoms with E-state index in [0.29, 0.717) is 0 Å². The molecule has 0 bridgehead atoms. The van der Waals surface area contributed by atoms with E-state index >= 15 is 0 Å². The monoisotopic (exact) mass is 654 g/mol. The topological polar surface area (TPSA) is 6.48 Å². The van der Waals surface area contributed by atoms with Gasteiger partial charge in [0.25, 0.3) is 6.71 Å². The fourth-order valence-corrected chi connectivity index (χ4v) is 12.3. The first-order valence-corrected chi connectivity index (χ1v) is 19.4. The van der Waals surface area contributed by atoms with Crippen LogP contribution in [0, 0.1) is 6.92 Å². The van der Waals surface area contributed by atoms with Crippen molar-refractivity contribution in [2.45, 2.75) is 58.3 Å². The SMILES string of the molecule is Cc1cc2c3c(c1)N(c1ccc4ccccc4c1)c1c(sc4c1CCCC4)B3c1sc3c(c1N2c1ccc2ccccc2c1)CCCC3. The number of hydrogen-bond donors (Lipinski definition) is 0. The van der Waals surface area contributed by atoms with Crippen LogP contribution >= 0.6 is 22.7 Å². The molecule has 4 aliphatic rings. The van der Waals surface area contributed by atoms with Crippen LogP contribution < -0.4 is 24.8 Å². The number of aryl methyl sites for hydroxylation is 3. The Morgan fingerprint density at radius 3 is 1.48 bits per heavy atom. The quantitative estimate of drug-likeness (QED) is 0.171. The predicted molar refractivity (Wildman–Crippen MR) is 209 cm³/mol. The van der Waals surface area contributed by atoms with Crippen molar-refractivity contribution < 1.29 is 0 Å². The van der Waals surface area contributed by atoms with Gasteiger partial charge in [-0.15, -0.1) is 0 Å². The first-order valence-electron chi connectivity index (χ1n) is 17.7. The van der Waals surface area contributed by atoms with Crippen LogP contribution in [0.1, 0.15) is 52.1 Å². The van der Waals surface area contributed by atoms with Gasteiger partial charge in [0.05, 0.1) is 11.4 Å². The summed E-state index contributed by atoms with van der Waals surface area (Å²) in [5.74, 6) is 0. The largest absolute Gasteiger partial charge is 0.310 e. The summed E-state index contributed by atoms with van der Waals surface area (Å²) in [5, 5.41) is 5.20. The maximum absolute atomic E-state index is 2.68. The molecule has 7 aromatic rings. The number of anilines is 6. The molecule has 5 heteroatoms. The van der Waals surface area contributed by atoms with E-state index in [-0.39, 0.29) is 6.71 Å². The third-order valence-electron chi connectivity index (χ3n) is 11.3. The maximum Gasteiger partial charge on any atom is 0.277 e. The van der Waals surface area contributed by atoms with Crippen molar-refractivity contribution in [2.75, 3.05) is 9.80 Å². The summed E-state index contributed by atoms with van der Waals surface area (Å²) >= 11 is 4.28. The second-order valence-electron chi connectivity index (χ2n) is 14.2. The number of rotatable bonds is 2. The van der Waals surface area contributed by atoms with Gasteiger partial charge in [0.1, 0.15) is 0 Å². The minimum absolute atomic E-state index is 0.278. The summed E-state index contributed by atoms with van der Waals surface area (Å²) in [7, 11) is 0. The third-order valence-corrected chi connectivity index (χ3v) is 14.0. The number of benzene rings is 5. The first kappa shape index (κ1) is 27.6. The number of fused-ring (bicyclic) bond motifs is 10. The van der Waals surface area contributed by atoms with Crippen molar-refractivity contribution in [1.82, 2.24) is 0 Å². The molecular weight excluding hydrogens is 619 g/mol. The van der Waals surface area contributed by atoms with E-state index < -0.39 is 0 Å². The molecule has 232 valence electrons. The van der Waals surface area contributed by atoms with Crippen molar-refractivity contribution in [3.63, 3.8) is 0 Å². The zero-order chi connectivity index (χ0) is 31.5. The van der Waals surface area contributed by atoms with E-state index in [1.54, 1.807) is 30.4 Å². The van der Waals surface area contributed by atoms with Gasteiger partial charge in [-0.1, -0.05) is 60.7 Å². The molecule has 0 amide bonds. The maximum atomic E-state index is 2.68. The standard InChI is InChI=1S/C43H35BN2S2/c1-26-22-35-39-36(23-26)46(32-21-19-28-11-3-5-13-30(28)25-32)41-34-15-7-9-17-38(34)48-43(41)44(39)42-40(33-14-6-8-16-37(33)47-42)45(35)31-20-18-27-10-2-4-12-29(27)24-31/h2-5,10-13,18-25H,6-9,14-17H2,1H3. The lowest BCUT2D eigenvalue weighted by Crippen LogP contribution is -2.59. The van der Waals surface area contributed by atoms with Crippen LogP contribution in [0.4, 0.5) is 34.1 Å². The third kappa shape index (κ3) is 3.86. The summed E-state index contributed by atoms with van der Waals surface area (Å²) in [4.78, 5) is 8.62. The van der Waals surface area contributed by atoms with Gasteiger partial charge < -0.3 is 9.80 Å². The molecule has 0 N–H and O–H groups in total. The summed E-state index contributed by atoms with van der Waals surface area (Å²) in [6.07, 6.45) is 9.97. The van der Waals surface area contributed by atoms with Crippen LogP contribution in [0.5, 0.6) is 0 Å². The molecule has 0 spiro atoms. The Morgan fingerprint density at radius 2 is 0.979 bits per heavy atom. The molecule has 48 heavy (non-hydrogen) atoms. The van der Waals surface area contributed by atoms with Crippen LogP contribution in [0.2, 0.25) is 0 Å². The van der Waals surface area contributed by atoms with Crippen LogP contribution in [0.15, 0.2) is 97.1 Å². The number of thiophene rings is 2. The highest BCUT2D eigenvalue weighted by Crippen LogP contribution is 2.51. The highest BCUT2D eigenvalue weighted by atomic mass is 32.1. The minimum Gasteiger partial charge on any atom is -0.310 e. The number of nitrogens with zero attached hydrogens (tertiary/aromatic N) is 2. The van der Waals surface area contributed by atoms with Gasteiger partial charge >= 0.3 is 0 Å². The van der Waals surface area contributed by atoms with Gasteiger partial charge in [0.2, 0.25) is 0 Å². The van der Waals surface area contributed by atoms with E-state index in [9.17, 15) is 0 Å². The highest BCUT2D eigenvalue weighted by Gasteiger charge is 2.48. The molecule has 5 aromatic carbocycles. The van der Waals surface area contributed by atoms with Crippen molar-refractivity contribution in [3.05, 3.63) is 124 Å². The molecular formula is C43H35BN2S2. The molecule has 0 radical (unpaired) electrons. The molecule has 0 fully saturated rings. The summed E-state index contributed by atoms with van der Waals surface area (Å²) < 4.78 is 3.15. The first-order chi connectivity index (χ1) is 23.7. The molecule has 0 saturated heterocycles. The average Bonchev–Trinajstić information content (AvgIpc) is 3.70. The Kier molecular flexibility index (Phi) is 5.95. The normalized spacial score (nSPS) is 16.1. The van der Waals surface area contributed by atoms with Crippen molar-refractivity contribution >= 4 is 100 Å². The predicted octanol–water partition coefficient (Wildman–Crippen LogP) is 10.3. The van der Waals surface area contributed by atoms with Gasteiger partial charge in [0, 0.05) is 42.1 Å². The molecule has 2 nitrogen and oxygen atoms in total. The Balaban J connectivity index is 1.24. The smallest absolute Gasteiger partial charge is 0.277 e. The van der Waals surface area contributed by atoms with Gasteiger partial charge in [-0.2, -0.15) is 22.7 Å². The van der Waals surface area contributed by atoms with Crippen LogP contribution in [0.3, 0.4) is 0 Å². The van der Waals surface area contributed by atoms with Crippen LogP contribution in [0.25, 0.3) is 21.5 Å². The van der Waals surface area contributed by atoms with Gasteiger partial charge in [-0.05, 0) is 138 Å². The van der Waals surface area contributed by atoms with Crippen LogP contribution in [-0.4, -0.2) is 6.71 Å². The zero-order valence-electron chi connectivity index (χ0n) is 27.2. The van der Waals surface area contributed by atoms with Crippen molar-refractivity contribution in [3.8, 4) is 0 Å². The molecule has 4 heterocycles. The lowest BCUT2D eigenvalue weighted by atomic mass is 9.39. The highest BCUT2D eigenvalue weighted by molar-refractivity contribution is 7.36. The summed E-state index contributed by atoms with van der Waals surface area (Å²) in [5.41, 5.74) is 14.3. The van der Waals surface area contributed by atoms with Gasteiger partial charge in [-0.3, -0.25) is 0 Å². The van der Waals surface area contributed by atoms with E-state index in [2.05, 4.69) is 136 Å². The van der Waals surface area contributed by atoms with Gasteiger partial charge in [0.15, 0.2) is 0 Å². The Bertz CT molecular complexity index is 2300. The van der Waals surface area contributed by atoms with Crippen LogP contribution in [-0.2, 0) is 25.7 Å². The molecule has 2 aliphatic carbocycles. The Morgan fingerprint density at radius 1 is 0.521 bits per heavy atom. The van der Waals surface area contributed by atoms with E-state index in [4.69, 9.17) is 0 Å². The molecule has 11 rings (SSSR count). The second-order valence-corrected chi connectivity index (χ2v) is 16.5. The molecule has 0 saturated carbocycles. The molecule has 2 aromatic heterocycles. The van der Waals surface area contributed by atoms with E-state index in [1.807, 2.05) is 0 Å². The lowest BCUT2D eigenvalue weighted by molar-refractivity contribution is 0.697. The lowest BCUT2D eigenvalue weighted by Gasteiger charge is -2.43. The minimum atomic E-state index is 0.278. The van der Waals surface area contributed by atoms with Gasteiger partial charge in [-0.25, -0.2) is 0 Å². The molecule has 0 atom stereocenters. The Labute approximate surface area is 290 Å². The van der Waals surface area contributed by atoms with E-state index in [1.165, 1.54) is 118 Å². The fraction of sp³-hybridized carbons (Fsp3) is 0.209. The fourth-order valence-electron chi connectivity index (χ4n) is 9.24. The Hall–Kier alpha value is -4.32. The molecule has 2 aliphatic heterocycles. The van der Waals surface area contributed by atoms with Crippen molar-refractivity contribution in [1.29, 1.82) is 0 Å². The molecule has 0 unspecified atom stereocenters.